The van der Waals surface area contributed by atoms with E-state index in [4.69, 9.17) is 5.73 Å². The van der Waals surface area contributed by atoms with Crippen molar-refractivity contribution in [1.82, 2.24) is 0 Å². The van der Waals surface area contributed by atoms with Crippen molar-refractivity contribution < 1.29 is 4.79 Å². The number of rotatable bonds is 4. The number of carbonyl (C=O) groups is 1. The van der Waals surface area contributed by atoms with Crippen LogP contribution in [0.25, 0.3) is 0 Å². The standard InChI is InChI=1S/C19H22N2OS/c20-15-8-6-7-14(13-15)19(22)21-17-11-4-5-12-18(17)23-16-9-2-1-3-10-16/h1-5,9-12,14-15H,6-8,13,20H2,(H,21,22). The molecule has 1 aliphatic carbocycles. The Hall–Kier alpha value is -1.78. The number of nitrogens with two attached hydrogens (primary N) is 1. The van der Waals surface area contributed by atoms with Gasteiger partial charge in [0.25, 0.3) is 0 Å². The van der Waals surface area contributed by atoms with Gasteiger partial charge in [0.1, 0.15) is 0 Å². The molecule has 4 heteroatoms. The number of anilines is 1. The molecule has 3 rings (SSSR count). The molecule has 0 spiro atoms. The first kappa shape index (κ1) is 16.1. The molecule has 23 heavy (non-hydrogen) atoms. The maximum atomic E-state index is 12.5. The Kier molecular flexibility index (Phi) is 5.36. The zero-order valence-corrected chi connectivity index (χ0v) is 13.9. The molecule has 3 N–H and O–H groups in total. The van der Waals surface area contributed by atoms with Crippen molar-refractivity contribution in [2.24, 2.45) is 11.7 Å². The number of carbonyl (C=O) groups excluding carboxylic acids is 1. The normalized spacial score (nSPS) is 20.9. The van der Waals surface area contributed by atoms with Gasteiger partial charge in [-0.2, -0.15) is 0 Å². The molecule has 2 aromatic rings. The molecule has 0 saturated heterocycles. The highest BCUT2D eigenvalue weighted by Crippen LogP contribution is 2.34. The lowest BCUT2D eigenvalue weighted by Gasteiger charge is -2.26. The zero-order valence-electron chi connectivity index (χ0n) is 13.1. The summed E-state index contributed by atoms with van der Waals surface area (Å²) >= 11 is 1.66. The van der Waals surface area contributed by atoms with Crippen LogP contribution >= 0.6 is 11.8 Å². The lowest BCUT2D eigenvalue weighted by Crippen LogP contribution is -2.34. The fraction of sp³-hybridized carbons (Fsp3) is 0.316. The molecule has 0 aliphatic heterocycles. The summed E-state index contributed by atoms with van der Waals surface area (Å²) in [7, 11) is 0. The molecule has 0 heterocycles. The predicted octanol–water partition coefficient (Wildman–Crippen LogP) is 4.29. The molecule has 1 amide bonds. The van der Waals surface area contributed by atoms with E-state index in [1.165, 1.54) is 0 Å². The van der Waals surface area contributed by atoms with Crippen LogP contribution in [0.5, 0.6) is 0 Å². The topological polar surface area (TPSA) is 55.1 Å². The summed E-state index contributed by atoms with van der Waals surface area (Å²) in [5.74, 6) is 0.134. The first-order chi connectivity index (χ1) is 11.2. The number of nitrogens with one attached hydrogen (secondary N) is 1. The quantitative estimate of drug-likeness (QED) is 0.881. The monoisotopic (exact) mass is 326 g/mol. The van der Waals surface area contributed by atoms with Gasteiger partial charge in [0.2, 0.25) is 5.91 Å². The maximum Gasteiger partial charge on any atom is 0.227 e. The van der Waals surface area contributed by atoms with E-state index in [0.29, 0.717) is 0 Å². The van der Waals surface area contributed by atoms with Gasteiger partial charge in [-0.15, -0.1) is 0 Å². The van der Waals surface area contributed by atoms with E-state index in [1.54, 1.807) is 11.8 Å². The first-order valence-corrected chi connectivity index (χ1v) is 8.92. The average molecular weight is 326 g/mol. The van der Waals surface area contributed by atoms with Crippen LogP contribution in [0.4, 0.5) is 5.69 Å². The minimum absolute atomic E-state index is 0.0357. The molecular formula is C19H22N2OS. The summed E-state index contributed by atoms with van der Waals surface area (Å²) in [5.41, 5.74) is 6.88. The van der Waals surface area contributed by atoms with Crippen molar-refractivity contribution in [2.45, 2.75) is 41.5 Å². The van der Waals surface area contributed by atoms with Crippen LogP contribution in [-0.4, -0.2) is 11.9 Å². The van der Waals surface area contributed by atoms with Gasteiger partial charge < -0.3 is 11.1 Å². The van der Waals surface area contributed by atoms with E-state index < -0.39 is 0 Å². The third-order valence-corrected chi connectivity index (χ3v) is 5.29. The first-order valence-electron chi connectivity index (χ1n) is 8.11. The smallest absolute Gasteiger partial charge is 0.227 e. The van der Waals surface area contributed by atoms with Gasteiger partial charge in [-0.1, -0.05) is 48.5 Å². The molecule has 1 saturated carbocycles. The average Bonchev–Trinajstić information content (AvgIpc) is 2.57. The number of amides is 1. The molecule has 1 fully saturated rings. The Morgan fingerprint density at radius 1 is 1.04 bits per heavy atom. The fourth-order valence-electron chi connectivity index (χ4n) is 2.97. The van der Waals surface area contributed by atoms with Crippen LogP contribution in [0.1, 0.15) is 25.7 Å². The second-order valence-corrected chi connectivity index (χ2v) is 7.14. The second-order valence-electron chi connectivity index (χ2n) is 6.02. The molecular weight excluding hydrogens is 304 g/mol. The SMILES string of the molecule is NC1CCCC(C(=O)Nc2ccccc2Sc2ccccc2)C1. The number of hydrogen-bond donors (Lipinski definition) is 2. The molecule has 0 radical (unpaired) electrons. The highest BCUT2D eigenvalue weighted by Gasteiger charge is 2.25. The van der Waals surface area contributed by atoms with Crippen LogP contribution in [0.2, 0.25) is 0 Å². The number of hydrogen-bond acceptors (Lipinski definition) is 3. The molecule has 0 bridgehead atoms. The molecule has 2 unspecified atom stereocenters. The van der Waals surface area contributed by atoms with Crippen molar-refractivity contribution in [1.29, 1.82) is 0 Å². The van der Waals surface area contributed by atoms with Crippen molar-refractivity contribution in [3.8, 4) is 0 Å². The van der Waals surface area contributed by atoms with Gasteiger partial charge in [-0.05, 0) is 43.5 Å². The fourth-order valence-corrected chi connectivity index (χ4v) is 3.90. The van der Waals surface area contributed by atoms with Gasteiger partial charge in [0.15, 0.2) is 0 Å². The molecule has 1 aliphatic rings. The second kappa shape index (κ2) is 7.66. The van der Waals surface area contributed by atoms with Crippen LogP contribution < -0.4 is 11.1 Å². The Morgan fingerprint density at radius 3 is 2.57 bits per heavy atom. The third kappa shape index (κ3) is 4.36. The lowest BCUT2D eigenvalue weighted by atomic mass is 9.85. The van der Waals surface area contributed by atoms with Crippen LogP contribution in [-0.2, 0) is 4.79 Å². The summed E-state index contributed by atoms with van der Waals surface area (Å²) in [6.07, 6.45) is 3.80. The van der Waals surface area contributed by atoms with Gasteiger partial charge in [-0.25, -0.2) is 0 Å². The third-order valence-electron chi connectivity index (χ3n) is 4.20. The van der Waals surface area contributed by atoms with Crippen LogP contribution in [0, 0.1) is 5.92 Å². The zero-order chi connectivity index (χ0) is 16.1. The molecule has 2 aromatic carbocycles. The summed E-state index contributed by atoms with van der Waals surface area (Å²) in [5, 5.41) is 3.11. The van der Waals surface area contributed by atoms with Crippen molar-refractivity contribution in [2.75, 3.05) is 5.32 Å². The number of benzene rings is 2. The van der Waals surface area contributed by atoms with Crippen LogP contribution in [0.15, 0.2) is 64.4 Å². The Balaban J connectivity index is 1.71. The van der Waals surface area contributed by atoms with E-state index in [0.717, 1.165) is 41.2 Å². The van der Waals surface area contributed by atoms with Crippen molar-refractivity contribution in [3.63, 3.8) is 0 Å². The van der Waals surface area contributed by atoms with Crippen LogP contribution in [0.3, 0.4) is 0 Å². The van der Waals surface area contributed by atoms with E-state index in [9.17, 15) is 4.79 Å². The van der Waals surface area contributed by atoms with Crippen molar-refractivity contribution in [3.05, 3.63) is 54.6 Å². The van der Waals surface area contributed by atoms with E-state index in [-0.39, 0.29) is 17.9 Å². The predicted molar refractivity (Wildman–Crippen MR) is 95.6 cm³/mol. The summed E-state index contributed by atoms with van der Waals surface area (Å²) < 4.78 is 0. The lowest BCUT2D eigenvalue weighted by molar-refractivity contribution is -0.120. The largest absolute Gasteiger partial charge is 0.328 e. The number of para-hydroxylation sites is 1. The molecule has 0 aromatic heterocycles. The highest BCUT2D eigenvalue weighted by atomic mass is 32.2. The molecule has 120 valence electrons. The van der Waals surface area contributed by atoms with E-state index in [2.05, 4.69) is 17.4 Å². The molecule has 3 nitrogen and oxygen atoms in total. The minimum atomic E-state index is 0.0357. The Labute approximate surface area is 141 Å². The van der Waals surface area contributed by atoms with Crippen molar-refractivity contribution >= 4 is 23.4 Å². The van der Waals surface area contributed by atoms with Gasteiger partial charge in [0.05, 0.1) is 5.69 Å². The maximum absolute atomic E-state index is 12.5. The minimum Gasteiger partial charge on any atom is -0.328 e. The Morgan fingerprint density at radius 2 is 1.78 bits per heavy atom. The summed E-state index contributed by atoms with van der Waals surface area (Å²) in [6.45, 7) is 0. The van der Waals surface area contributed by atoms with E-state index in [1.807, 2.05) is 42.5 Å². The highest BCUT2D eigenvalue weighted by molar-refractivity contribution is 7.99. The van der Waals surface area contributed by atoms with Gasteiger partial charge in [-0.3, -0.25) is 4.79 Å². The van der Waals surface area contributed by atoms with Gasteiger partial charge >= 0.3 is 0 Å². The van der Waals surface area contributed by atoms with Gasteiger partial charge in [0, 0.05) is 21.8 Å². The van der Waals surface area contributed by atoms with E-state index >= 15 is 0 Å². The summed E-state index contributed by atoms with van der Waals surface area (Å²) in [6, 6.07) is 18.3. The summed E-state index contributed by atoms with van der Waals surface area (Å²) in [4.78, 5) is 14.8. The Bertz CT molecular complexity index is 659. The molecule has 2 atom stereocenters.